The smallest absolute Gasteiger partial charge is 0.482 e. The van der Waals surface area contributed by atoms with Crippen LogP contribution in [0.15, 0.2) is 54.6 Å². The van der Waals surface area contributed by atoms with Crippen molar-refractivity contribution in [3.8, 4) is 16.9 Å². The van der Waals surface area contributed by atoms with Crippen LogP contribution in [0.1, 0.15) is 0 Å². The van der Waals surface area contributed by atoms with E-state index in [0.29, 0.717) is 0 Å². The van der Waals surface area contributed by atoms with E-state index in [1.54, 1.807) is 7.11 Å². The van der Waals surface area contributed by atoms with Crippen molar-refractivity contribution in [2.45, 2.75) is 0 Å². The fourth-order valence-electron chi connectivity index (χ4n) is 1.41. The minimum atomic E-state index is 0. The van der Waals surface area contributed by atoms with Crippen molar-refractivity contribution in [3.63, 3.8) is 0 Å². The Labute approximate surface area is 102 Å². The van der Waals surface area contributed by atoms with E-state index in [4.69, 9.17) is 14.8 Å². The number of rotatable bonds is 2. The topological polar surface area (TPSA) is 49.7 Å². The number of ether oxygens (including phenoxy) is 1. The number of benzene rings is 2. The third kappa shape index (κ3) is 4.30. The molecule has 0 aromatic heterocycles. The zero-order chi connectivity index (χ0) is 12.5. The molecule has 0 bridgehead atoms. The quantitative estimate of drug-likeness (QED) is 0.773. The standard InChI is InChI=1S/C13H12O.BH2O2/c1-14-13-9-7-12(8-10-13)11-5-3-2-4-6-11;2-1-3/h2-10H,1H3;2-3H. The van der Waals surface area contributed by atoms with Crippen LogP contribution in [0.25, 0.3) is 11.1 Å². The number of hydrogen-bond acceptors (Lipinski definition) is 3. The summed E-state index contributed by atoms with van der Waals surface area (Å²) in [6, 6.07) is 18.4. The Morgan fingerprint density at radius 1 is 0.824 bits per heavy atom. The maximum atomic E-state index is 7.00. The molecule has 0 aliphatic carbocycles. The van der Waals surface area contributed by atoms with Gasteiger partial charge in [-0.05, 0) is 23.3 Å². The summed E-state index contributed by atoms with van der Waals surface area (Å²) >= 11 is 0. The van der Waals surface area contributed by atoms with E-state index >= 15 is 0 Å². The summed E-state index contributed by atoms with van der Waals surface area (Å²) < 4.78 is 5.11. The fraction of sp³-hybridized carbons (Fsp3) is 0.0769. The van der Waals surface area contributed by atoms with Crippen LogP contribution >= 0.6 is 0 Å². The van der Waals surface area contributed by atoms with E-state index in [9.17, 15) is 0 Å². The molecule has 17 heavy (non-hydrogen) atoms. The van der Waals surface area contributed by atoms with Crippen LogP contribution in [-0.4, -0.2) is 24.8 Å². The van der Waals surface area contributed by atoms with Crippen LogP contribution in [0.5, 0.6) is 5.75 Å². The Kier molecular flexibility index (Phi) is 5.86. The molecular formula is C13H14BO3. The first-order valence-corrected chi connectivity index (χ1v) is 5.11. The highest BCUT2D eigenvalue weighted by atomic mass is 16.5. The first kappa shape index (κ1) is 13.3. The average molecular weight is 229 g/mol. The van der Waals surface area contributed by atoms with Gasteiger partial charge in [0.25, 0.3) is 0 Å². The Balaban J connectivity index is 0.000000437. The van der Waals surface area contributed by atoms with Crippen molar-refractivity contribution in [1.82, 2.24) is 0 Å². The summed E-state index contributed by atoms with van der Waals surface area (Å²) in [5.74, 6) is 0.893. The summed E-state index contributed by atoms with van der Waals surface area (Å²) in [4.78, 5) is 0. The van der Waals surface area contributed by atoms with Crippen molar-refractivity contribution in [3.05, 3.63) is 54.6 Å². The first-order chi connectivity index (χ1) is 8.31. The average Bonchev–Trinajstić information content (AvgIpc) is 2.41. The molecule has 0 spiro atoms. The summed E-state index contributed by atoms with van der Waals surface area (Å²) in [7, 11) is 1.68. The van der Waals surface area contributed by atoms with Crippen LogP contribution in [0, 0.1) is 0 Å². The molecule has 2 rings (SSSR count). The summed E-state index contributed by atoms with van der Waals surface area (Å²) in [6.07, 6.45) is 0. The SMILES string of the molecule is COc1ccc(-c2ccccc2)cc1.O[B]O. The van der Waals surface area contributed by atoms with Crippen LogP contribution in [-0.2, 0) is 0 Å². The lowest BCUT2D eigenvalue weighted by Crippen LogP contribution is -1.82. The van der Waals surface area contributed by atoms with E-state index in [-0.39, 0.29) is 7.69 Å². The third-order valence-electron chi connectivity index (χ3n) is 2.20. The van der Waals surface area contributed by atoms with Gasteiger partial charge >= 0.3 is 7.69 Å². The van der Waals surface area contributed by atoms with E-state index in [1.165, 1.54) is 11.1 Å². The molecule has 0 fully saturated rings. The molecule has 0 unspecified atom stereocenters. The molecule has 0 aliphatic rings. The lowest BCUT2D eigenvalue weighted by atomic mass is 10.1. The van der Waals surface area contributed by atoms with Crippen LogP contribution in [0.4, 0.5) is 0 Å². The molecule has 0 aliphatic heterocycles. The zero-order valence-corrected chi connectivity index (χ0v) is 9.58. The van der Waals surface area contributed by atoms with Crippen molar-refractivity contribution in [2.24, 2.45) is 0 Å². The van der Waals surface area contributed by atoms with Gasteiger partial charge in [0.05, 0.1) is 7.11 Å². The molecule has 0 atom stereocenters. The zero-order valence-electron chi connectivity index (χ0n) is 9.58. The molecule has 1 radical (unpaired) electrons. The monoisotopic (exact) mass is 229 g/mol. The fourth-order valence-corrected chi connectivity index (χ4v) is 1.41. The molecule has 4 heteroatoms. The minimum Gasteiger partial charge on any atom is -0.497 e. The molecule has 2 N–H and O–H groups in total. The Morgan fingerprint density at radius 3 is 1.76 bits per heavy atom. The van der Waals surface area contributed by atoms with Gasteiger partial charge < -0.3 is 14.8 Å². The first-order valence-electron chi connectivity index (χ1n) is 5.11. The van der Waals surface area contributed by atoms with Gasteiger partial charge in [0.15, 0.2) is 0 Å². The summed E-state index contributed by atoms with van der Waals surface area (Å²) in [5, 5.41) is 14.0. The van der Waals surface area contributed by atoms with Crippen molar-refractivity contribution >= 4 is 7.69 Å². The lowest BCUT2D eigenvalue weighted by Gasteiger charge is -2.02. The van der Waals surface area contributed by atoms with Gasteiger partial charge in [-0.2, -0.15) is 0 Å². The minimum absolute atomic E-state index is 0. The van der Waals surface area contributed by atoms with Gasteiger partial charge in [-0.15, -0.1) is 0 Å². The summed E-state index contributed by atoms with van der Waals surface area (Å²) in [6.45, 7) is 0. The Bertz CT molecular complexity index is 414. The summed E-state index contributed by atoms with van der Waals surface area (Å²) in [5.41, 5.74) is 2.45. The van der Waals surface area contributed by atoms with E-state index in [2.05, 4.69) is 24.3 Å². The second-order valence-corrected chi connectivity index (χ2v) is 3.21. The maximum Gasteiger partial charge on any atom is 0.482 e. The van der Waals surface area contributed by atoms with Crippen LogP contribution < -0.4 is 4.74 Å². The maximum absolute atomic E-state index is 7.00. The molecule has 0 heterocycles. The molecule has 2 aromatic rings. The van der Waals surface area contributed by atoms with Crippen molar-refractivity contribution in [1.29, 1.82) is 0 Å². The lowest BCUT2D eigenvalue weighted by molar-refractivity contribution is 0.415. The second-order valence-electron chi connectivity index (χ2n) is 3.21. The highest BCUT2D eigenvalue weighted by molar-refractivity contribution is 6.13. The predicted octanol–water partition coefficient (Wildman–Crippen LogP) is 1.87. The Morgan fingerprint density at radius 2 is 1.29 bits per heavy atom. The van der Waals surface area contributed by atoms with Crippen molar-refractivity contribution in [2.75, 3.05) is 7.11 Å². The number of methoxy groups -OCH3 is 1. The highest BCUT2D eigenvalue weighted by Crippen LogP contribution is 2.21. The molecule has 0 saturated heterocycles. The Hall–Kier alpha value is -1.78. The molecular weight excluding hydrogens is 215 g/mol. The molecule has 3 nitrogen and oxygen atoms in total. The second kappa shape index (κ2) is 7.49. The molecule has 0 saturated carbocycles. The van der Waals surface area contributed by atoms with Gasteiger partial charge in [0, 0.05) is 0 Å². The van der Waals surface area contributed by atoms with Gasteiger partial charge in [-0.1, -0.05) is 42.5 Å². The highest BCUT2D eigenvalue weighted by Gasteiger charge is 1.95. The van der Waals surface area contributed by atoms with Crippen LogP contribution in [0.2, 0.25) is 0 Å². The third-order valence-corrected chi connectivity index (χ3v) is 2.20. The van der Waals surface area contributed by atoms with E-state index in [0.717, 1.165) is 5.75 Å². The largest absolute Gasteiger partial charge is 0.497 e. The van der Waals surface area contributed by atoms with Gasteiger partial charge in [0.1, 0.15) is 5.75 Å². The van der Waals surface area contributed by atoms with Gasteiger partial charge in [0.2, 0.25) is 0 Å². The van der Waals surface area contributed by atoms with Crippen molar-refractivity contribution < 1.29 is 14.8 Å². The van der Waals surface area contributed by atoms with E-state index < -0.39 is 0 Å². The molecule has 2 aromatic carbocycles. The normalized spacial score (nSPS) is 8.88. The van der Waals surface area contributed by atoms with Crippen LogP contribution in [0.3, 0.4) is 0 Å². The number of hydrogen-bond donors (Lipinski definition) is 2. The molecule has 87 valence electrons. The molecule has 0 amide bonds. The predicted molar refractivity (Wildman–Crippen MR) is 68.6 cm³/mol. The van der Waals surface area contributed by atoms with E-state index in [1.807, 2.05) is 30.3 Å². The van der Waals surface area contributed by atoms with Gasteiger partial charge in [-0.25, -0.2) is 0 Å². The van der Waals surface area contributed by atoms with Gasteiger partial charge in [-0.3, -0.25) is 0 Å².